The molecule has 1 unspecified atom stereocenters. The van der Waals surface area contributed by atoms with Gasteiger partial charge in [-0.05, 0) is 75.1 Å². The number of nitrogens with one attached hydrogen (secondary N) is 3. The predicted molar refractivity (Wildman–Crippen MR) is 167 cm³/mol. The van der Waals surface area contributed by atoms with Crippen LogP contribution < -0.4 is 10.6 Å². The largest absolute Gasteiger partial charge is 0.455 e. The maximum absolute atomic E-state index is 13.9. The van der Waals surface area contributed by atoms with E-state index in [2.05, 4.69) is 39.9 Å². The highest BCUT2D eigenvalue weighted by Gasteiger charge is 2.27. The Morgan fingerprint density at radius 1 is 1.10 bits per heavy atom. The normalized spacial score (nSPS) is 16.9. The van der Waals surface area contributed by atoms with Gasteiger partial charge in [-0.1, -0.05) is 42.5 Å². The van der Waals surface area contributed by atoms with Crippen LogP contribution in [0.2, 0.25) is 0 Å². The van der Waals surface area contributed by atoms with Gasteiger partial charge in [-0.25, -0.2) is 4.39 Å². The predicted octanol–water partition coefficient (Wildman–Crippen LogP) is 7.88. The lowest BCUT2D eigenvalue weighted by Crippen LogP contribution is -2.40. The molecule has 3 N–H and O–H groups in total. The molecule has 1 atom stereocenters. The third-order valence-electron chi connectivity index (χ3n) is 7.61. The molecule has 2 heterocycles. The van der Waals surface area contributed by atoms with Crippen LogP contribution in [0.5, 0.6) is 0 Å². The molecule has 2 amide bonds. The molecule has 7 heteroatoms. The molecule has 0 saturated carbocycles. The number of alkyl halides is 1. The number of hydrogen-bond donors (Lipinski definition) is 3. The Morgan fingerprint density at radius 2 is 1.93 bits per heavy atom. The lowest BCUT2D eigenvalue weighted by Gasteiger charge is -2.20. The van der Waals surface area contributed by atoms with E-state index in [4.69, 9.17) is 4.42 Å². The third-order valence-corrected chi connectivity index (χ3v) is 7.61. The lowest BCUT2D eigenvalue weighted by molar-refractivity contribution is 0.0918. The maximum Gasteiger partial charge on any atom is 0.255 e. The number of halogens is 1. The number of benzene rings is 2. The zero-order valence-electron chi connectivity index (χ0n) is 24.2. The van der Waals surface area contributed by atoms with Crippen molar-refractivity contribution in [1.82, 2.24) is 15.6 Å². The standard InChI is InChI=1S/C35H34FN3O3/c1-35(2,3)39-33(40)23-12-8-11-22(17-23)25-18-26-29(34(41)37-4)31(21-13-15-24(36)16-14-21)42-32(26)27-19-28(38-30(25)27)20-9-6-5-7-10-20/h5-6,8-9,11-15,17-19,24,38H,7,10,16H2,1-4H3,(H,37,41)(H,39,40). The third kappa shape index (κ3) is 5.11. The maximum atomic E-state index is 13.9. The Balaban J connectivity index is 1.62. The highest BCUT2D eigenvalue weighted by molar-refractivity contribution is 6.19. The topological polar surface area (TPSA) is 87.1 Å². The number of aromatic amines is 1. The fourth-order valence-electron chi connectivity index (χ4n) is 5.63. The number of allylic oxidation sites excluding steroid dienone is 8. The Labute approximate surface area is 244 Å². The Hall–Kier alpha value is -4.65. The SMILES string of the molecule is CNC(=O)c1c(C2=CCC(F)C=C2)oc2c1cc(-c1cccc(C(=O)NC(C)(C)C)c1)c1[nH]c(C3=CC=CCC3)cc12. The van der Waals surface area contributed by atoms with Crippen LogP contribution in [0.1, 0.15) is 72.2 Å². The molecule has 6 nitrogen and oxygen atoms in total. The molecule has 4 aromatic rings. The Bertz CT molecular complexity index is 1860. The molecule has 2 aliphatic rings. The summed E-state index contributed by atoms with van der Waals surface area (Å²) in [5.41, 5.74) is 6.48. The highest BCUT2D eigenvalue weighted by atomic mass is 19.1. The van der Waals surface area contributed by atoms with Crippen LogP contribution in [-0.4, -0.2) is 35.6 Å². The molecule has 0 spiro atoms. The van der Waals surface area contributed by atoms with E-state index in [9.17, 15) is 14.0 Å². The summed E-state index contributed by atoms with van der Waals surface area (Å²) in [6.07, 6.45) is 12.3. The van der Waals surface area contributed by atoms with E-state index in [1.54, 1.807) is 25.3 Å². The van der Waals surface area contributed by atoms with Crippen LogP contribution in [0.4, 0.5) is 4.39 Å². The molecule has 6 rings (SSSR count). The Morgan fingerprint density at radius 3 is 2.62 bits per heavy atom. The van der Waals surface area contributed by atoms with Crippen LogP contribution in [0.3, 0.4) is 0 Å². The highest BCUT2D eigenvalue weighted by Crippen LogP contribution is 2.42. The van der Waals surface area contributed by atoms with Gasteiger partial charge in [0.25, 0.3) is 11.8 Å². The number of H-pyrrole nitrogens is 1. The van der Waals surface area contributed by atoms with Gasteiger partial charge in [-0.2, -0.15) is 0 Å². The first-order valence-corrected chi connectivity index (χ1v) is 14.3. The van der Waals surface area contributed by atoms with Crippen molar-refractivity contribution < 1.29 is 18.4 Å². The van der Waals surface area contributed by atoms with Crippen molar-refractivity contribution in [2.75, 3.05) is 7.05 Å². The minimum absolute atomic E-state index is 0.160. The number of furan rings is 1. The van der Waals surface area contributed by atoms with Crippen LogP contribution >= 0.6 is 0 Å². The molecule has 0 aliphatic heterocycles. The van der Waals surface area contributed by atoms with Crippen molar-refractivity contribution in [3.8, 4) is 11.1 Å². The van der Waals surface area contributed by atoms with Crippen LogP contribution in [-0.2, 0) is 0 Å². The van der Waals surface area contributed by atoms with Crippen LogP contribution in [0.25, 0.3) is 44.1 Å². The van der Waals surface area contributed by atoms with E-state index in [0.29, 0.717) is 33.4 Å². The molecule has 0 fully saturated rings. The molecule has 0 radical (unpaired) electrons. The van der Waals surface area contributed by atoms with Gasteiger partial charge >= 0.3 is 0 Å². The van der Waals surface area contributed by atoms with Gasteiger partial charge in [-0.15, -0.1) is 0 Å². The fourth-order valence-corrected chi connectivity index (χ4v) is 5.63. The van der Waals surface area contributed by atoms with Crippen LogP contribution in [0, 0.1) is 0 Å². The van der Waals surface area contributed by atoms with Gasteiger partial charge in [0.2, 0.25) is 0 Å². The summed E-state index contributed by atoms with van der Waals surface area (Å²) in [7, 11) is 1.59. The van der Waals surface area contributed by atoms with Crippen molar-refractivity contribution >= 4 is 44.8 Å². The summed E-state index contributed by atoms with van der Waals surface area (Å²) in [4.78, 5) is 30.1. The summed E-state index contributed by atoms with van der Waals surface area (Å²) >= 11 is 0. The number of carbonyl (C=O) groups excluding carboxylic acids is 2. The van der Waals surface area contributed by atoms with E-state index < -0.39 is 6.17 Å². The summed E-state index contributed by atoms with van der Waals surface area (Å²) in [6.45, 7) is 5.84. The molecule has 42 heavy (non-hydrogen) atoms. The zero-order valence-corrected chi connectivity index (χ0v) is 24.2. The lowest BCUT2D eigenvalue weighted by atomic mass is 9.95. The van der Waals surface area contributed by atoms with E-state index in [1.807, 2.05) is 45.0 Å². The van der Waals surface area contributed by atoms with E-state index in [-0.39, 0.29) is 23.8 Å². The van der Waals surface area contributed by atoms with E-state index in [0.717, 1.165) is 40.6 Å². The van der Waals surface area contributed by atoms with Gasteiger partial charge in [0.05, 0.1) is 11.1 Å². The second-order valence-corrected chi connectivity index (χ2v) is 11.9. The minimum Gasteiger partial charge on any atom is -0.455 e. The smallest absolute Gasteiger partial charge is 0.255 e. The van der Waals surface area contributed by atoms with Crippen molar-refractivity contribution in [2.45, 2.75) is 51.7 Å². The molecule has 214 valence electrons. The first-order chi connectivity index (χ1) is 20.1. The Kier molecular flexibility index (Phi) is 6.97. The summed E-state index contributed by atoms with van der Waals surface area (Å²) in [6, 6.07) is 11.5. The quantitative estimate of drug-likeness (QED) is 0.231. The van der Waals surface area contributed by atoms with Crippen LogP contribution in [0.15, 0.2) is 77.3 Å². The fraction of sp³-hybridized carbons (Fsp3) is 0.257. The van der Waals surface area contributed by atoms with E-state index in [1.165, 1.54) is 11.6 Å². The molecular weight excluding hydrogens is 529 g/mol. The monoisotopic (exact) mass is 563 g/mol. The van der Waals surface area contributed by atoms with E-state index >= 15 is 0 Å². The zero-order chi connectivity index (χ0) is 29.6. The number of aromatic nitrogens is 1. The summed E-state index contributed by atoms with van der Waals surface area (Å²) in [5, 5.41) is 7.27. The first kappa shape index (κ1) is 27.5. The van der Waals surface area contributed by atoms with Gasteiger partial charge in [-0.3, -0.25) is 9.59 Å². The molecular formula is C35H34FN3O3. The molecule has 2 aromatic heterocycles. The first-order valence-electron chi connectivity index (χ1n) is 14.3. The number of carbonyl (C=O) groups is 2. The molecule has 0 saturated heterocycles. The molecule has 0 bridgehead atoms. The number of rotatable bonds is 5. The van der Waals surface area contributed by atoms with Crippen molar-refractivity contribution in [1.29, 1.82) is 0 Å². The van der Waals surface area contributed by atoms with Crippen molar-refractivity contribution in [3.05, 3.63) is 95.4 Å². The number of amides is 2. The summed E-state index contributed by atoms with van der Waals surface area (Å²) in [5.74, 6) is -0.0430. The van der Waals surface area contributed by atoms with Gasteiger partial charge in [0.1, 0.15) is 17.5 Å². The average molecular weight is 564 g/mol. The number of fused-ring (bicyclic) bond motifs is 3. The average Bonchev–Trinajstić information content (AvgIpc) is 3.59. The summed E-state index contributed by atoms with van der Waals surface area (Å²) < 4.78 is 20.4. The molecule has 2 aliphatic carbocycles. The van der Waals surface area contributed by atoms with Gasteiger partial charge < -0.3 is 20.0 Å². The number of hydrogen-bond acceptors (Lipinski definition) is 3. The second-order valence-electron chi connectivity index (χ2n) is 11.9. The van der Waals surface area contributed by atoms with Crippen molar-refractivity contribution in [3.63, 3.8) is 0 Å². The molecule has 2 aromatic carbocycles. The minimum atomic E-state index is -1.06. The second kappa shape index (κ2) is 10.6. The van der Waals surface area contributed by atoms with Gasteiger partial charge in [0.15, 0.2) is 0 Å². The van der Waals surface area contributed by atoms with Crippen molar-refractivity contribution in [2.24, 2.45) is 0 Å². The van der Waals surface area contributed by atoms with Gasteiger partial charge in [0, 0.05) is 52.2 Å².